The Balaban J connectivity index is 1.47. The third-order valence-electron chi connectivity index (χ3n) is 5.18. The van der Waals surface area contributed by atoms with Crippen molar-refractivity contribution in [3.63, 3.8) is 0 Å². The van der Waals surface area contributed by atoms with E-state index in [1.165, 1.54) is 28.7 Å². The molecule has 170 valence electrons. The summed E-state index contributed by atoms with van der Waals surface area (Å²) in [6.07, 6.45) is 0.748. The van der Waals surface area contributed by atoms with Gasteiger partial charge in [0, 0.05) is 24.6 Å². The zero-order valence-electron chi connectivity index (χ0n) is 18.7. The molecule has 4 aromatic rings. The van der Waals surface area contributed by atoms with Crippen molar-refractivity contribution in [2.45, 2.75) is 44.6 Å². The Hall–Kier alpha value is -3.17. The standard InChI is InChI=1S/C24H25N5O2S2/c1-16-9-10-21(17(2)13-16)29(18(3)30)23-25-20(14-32-23)15-33-24-27-26-22(31)28(24)12-11-19-7-5-4-6-8-19/h4-10,13-14H,11-12,15H2,1-3H3,(H,26,31). The van der Waals surface area contributed by atoms with Gasteiger partial charge in [0.25, 0.3) is 0 Å². The van der Waals surface area contributed by atoms with Crippen LogP contribution in [-0.4, -0.2) is 25.7 Å². The zero-order valence-corrected chi connectivity index (χ0v) is 20.4. The van der Waals surface area contributed by atoms with Crippen LogP contribution in [0.15, 0.2) is 63.9 Å². The quantitative estimate of drug-likeness (QED) is 0.365. The predicted molar refractivity (Wildman–Crippen MR) is 133 cm³/mol. The van der Waals surface area contributed by atoms with Crippen molar-refractivity contribution < 1.29 is 4.79 Å². The molecule has 0 fully saturated rings. The minimum atomic E-state index is -0.218. The Morgan fingerprint density at radius 1 is 1.18 bits per heavy atom. The van der Waals surface area contributed by atoms with Gasteiger partial charge in [-0.15, -0.1) is 16.4 Å². The Bertz CT molecular complexity index is 1310. The molecule has 0 aliphatic rings. The van der Waals surface area contributed by atoms with Gasteiger partial charge in [-0.05, 0) is 37.5 Å². The van der Waals surface area contributed by atoms with Crippen LogP contribution >= 0.6 is 23.1 Å². The van der Waals surface area contributed by atoms with Gasteiger partial charge in [-0.3, -0.25) is 14.3 Å². The van der Waals surface area contributed by atoms with Crippen LogP contribution in [0.25, 0.3) is 0 Å². The number of aromatic nitrogens is 4. The number of nitrogens with zero attached hydrogens (tertiary/aromatic N) is 4. The number of aryl methyl sites for hydroxylation is 3. The highest BCUT2D eigenvalue weighted by atomic mass is 32.2. The van der Waals surface area contributed by atoms with E-state index in [9.17, 15) is 9.59 Å². The lowest BCUT2D eigenvalue weighted by Gasteiger charge is -2.20. The smallest absolute Gasteiger partial charge is 0.274 e. The second-order valence-corrected chi connectivity index (χ2v) is 9.53. The number of thioether (sulfide) groups is 1. The number of carbonyl (C=O) groups is 1. The lowest BCUT2D eigenvalue weighted by Crippen LogP contribution is -2.23. The van der Waals surface area contributed by atoms with E-state index in [0.29, 0.717) is 22.6 Å². The van der Waals surface area contributed by atoms with Crippen molar-refractivity contribution in [3.8, 4) is 0 Å². The van der Waals surface area contributed by atoms with Crippen LogP contribution in [0.3, 0.4) is 0 Å². The Labute approximate surface area is 200 Å². The number of hydrogen-bond acceptors (Lipinski definition) is 6. The van der Waals surface area contributed by atoms with Crippen molar-refractivity contribution in [3.05, 3.63) is 86.8 Å². The summed E-state index contributed by atoms with van der Waals surface area (Å²) in [6, 6.07) is 16.1. The normalized spacial score (nSPS) is 11.0. The number of aromatic amines is 1. The van der Waals surface area contributed by atoms with E-state index in [4.69, 9.17) is 4.98 Å². The third kappa shape index (κ3) is 5.43. The average Bonchev–Trinajstić information content (AvgIpc) is 3.39. The molecule has 0 saturated carbocycles. The first-order valence-corrected chi connectivity index (χ1v) is 12.4. The lowest BCUT2D eigenvalue weighted by atomic mass is 10.1. The molecule has 0 unspecified atom stereocenters. The fourth-order valence-electron chi connectivity index (χ4n) is 3.56. The summed E-state index contributed by atoms with van der Waals surface area (Å²) in [5, 5.41) is 9.93. The lowest BCUT2D eigenvalue weighted by molar-refractivity contribution is -0.115. The molecule has 33 heavy (non-hydrogen) atoms. The van der Waals surface area contributed by atoms with Crippen LogP contribution in [0.5, 0.6) is 0 Å². The molecule has 4 rings (SSSR count). The van der Waals surface area contributed by atoms with Crippen LogP contribution in [0, 0.1) is 13.8 Å². The Kier molecular flexibility index (Phi) is 7.10. The first kappa shape index (κ1) is 23.0. The second-order valence-electron chi connectivity index (χ2n) is 7.75. The molecular formula is C24H25N5O2S2. The maximum Gasteiger partial charge on any atom is 0.343 e. The summed E-state index contributed by atoms with van der Waals surface area (Å²) in [5.41, 5.74) is 4.79. The monoisotopic (exact) mass is 479 g/mol. The molecule has 0 radical (unpaired) electrons. The van der Waals surface area contributed by atoms with E-state index < -0.39 is 0 Å². The number of nitrogens with one attached hydrogen (secondary N) is 1. The van der Waals surface area contributed by atoms with E-state index in [1.54, 1.807) is 16.4 Å². The van der Waals surface area contributed by atoms with Gasteiger partial charge in [-0.25, -0.2) is 14.9 Å². The summed E-state index contributed by atoms with van der Waals surface area (Å²) in [4.78, 5) is 31.0. The average molecular weight is 480 g/mol. The summed E-state index contributed by atoms with van der Waals surface area (Å²) in [6.45, 7) is 6.12. The molecule has 0 atom stereocenters. The van der Waals surface area contributed by atoms with Gasteiger partial charge in [-0.1, -0.05) is 59.8 Å². The van der Waals surface area contributed by atoms with Crippen LogP contribution in [0.4, 0.5) is 10.8 Å². The first-order valence-electron chi connectivity index (χ1n) is 10.6. The number of rotatable bonds is 8. The highest BCUT2D eigenvalue weighted by molar-refractivity contribution is 7.98. The van der Waals surface area contributed by atoms with Gasteiger partial charge in [-0.2, -0.15) is 0 Å². The molecule has 1 amide bonds. The van der Waals surface area contributed by atoms with E-state index in [0.717, 1.165) is 28.9 Å². The summed E-state index contributed by atoms with van der Waals surface area (Å²) in [7, 11) is 0. The van der Waals surface area contributed by atoms with E-state index >= 15 is 0 Å². The van der Waals surface area contributed by atoms with Crippen molar-refractivity contribution in [1.82, 2.24) is 19.7 Å². The van der Waals surface area contributed by atoms with Gasteiger partial charge < -0.3 is 0 Å². The highest BCUT2D eigenvalue weighted by Gasteiger charge is 2.20. The van der Waals surface area contributed by atoms with E-state index in [2.05, 4.69) is 16.3 Å². The minimum Gasteiger partial charge on any atom is -0.274 e. The molecule has 2 aromatic heterocycles. The van der Waals surface area contributed by atoms with Gasteiger partial charge >= 0.3 is 5.69 Å². The predicted octanol–water partition coefficient (Wildman–Crippen LogP) is 4.86. The third-order valence-corrected chi connectivity index (χ3v) is 7.06. The van der Waals surface area contributed by atoms with Crippen molar-refractivity contribution in [2.75, 3.05) is 4.90 Å². The first-order chi connectivity index (χ1) is 15.9. The highest BCUT2D eigenvalue weighted by Crippen LogP contribution is 2.33. The molecule has 7 nitrogen and oxygen atoms in total. The number of H-pyrrole nitrogens is 1. The number of hydrogen-bond donors (Lipinski definition) is 1. The molecule has 0 saturated heterocycles. The summed E-state index contributed by atoms with van der Waals surface area (Å²) < 4.78 is 1.66. The minimum absolute atomic E-state index is 0.0856. The molecule has 0 spiro atoms. The Morgan fingerprint density at radius 2 is 1.97 bits per heavy atom. The van der Waals surface area contributed by atoms with Crippen LogP contribution in [-0.2, 0) is 23.5 Å². The Morgan fingerprint density at radius 3 is 2.70 bits per heavy atom. The number of carbonyl (C=O) groups excluding carboxylic acids is 1. The van der Waals surface area contributed by atoms with E-state index in [-0.39, 0.29) is 11.6 Å². The van der Waals surface area contributed by atoms with Crippen molar-refractivity contribution in [1.29, 1.82) is 0 Å². The van der Waals surface area contributed by atoms with Gasteiger partial charge in [0.2, 0.25) is 5.91 Å². The molecule has 0 aliphatic heterocycles. The molecule has 0 aliphatic carbocycles. The fourth-order valence-corrected chi connectivity index (χ4v) is 5.41. The number of anilines is 2. The maximum atomic E-state index is 12.4. The van der Waals surface area contributed by atoms with Crippen LogP contribution < -0.4 is 10.6 Å². The van der Waals surface area contributed by atoms with Crippen LogP contribution in [0.1, 0.15) is 29.3 Å². The SMILES string of the molecule is CC(=O)N(c1nc(CSc2n[nH]c(=O)n2CCc2ccccc2)cs1)c1ccc(C)cc1C. The van der Waals surface area contributed by atoms with Gasteiger partial charge in [0.05, 0.1) is 11.4 Å². The number of benzene rings is 2. The molecule has 2 aromatic carbocycles. The molecule has 2 heterocycles. The van der Waals surface area contributed by atoms with Crippen molar-refractivity contribution in [2.24, 2.45) is 0 Å². The van der Waals surface area contributed by atoms with Crippen LogP contribution in [0.2, 0.25) is 0 Å². The number of thiazole rings is 1. The largest absolute Gasteiger partial charge is 0.343 e. The number of amides is 1. The maximum absolute atomic E-state index is 12.4. The zero-order chi connectivity index (χ0) is 23.4. The van der Waals surface area contributed by atoms with Gasteiger partial charge in [0.1, 0.15) is 0 Å². The fraction of sp³-hybridized carbons (Fsp3) is 0.250. The topological polar surface area (TPSA) is 83.9 Å². The molecule has 1 N–H and O–H groups in total. The van der Waals surface area contributed by atoms with Crippen molar-refractivity contribution >= 4 is 39.8 Å². The summed E-state index contributed by atoms with van der Waals surface area (Å²) in [5.74, 6) is 0.461. The second kappa shape index (κ2) is 10.2. The molecule has 9 heteroatoms. The van der Waals surface area contributed by atoms with E-state index in [1.807, 2.05) is 61.7 Å². The van der Waals surface area contributed by atoms with Gasteiger partial charge in [0.15, 0.2) is 10.3 Å². The molecular weight excluding hydrogens is 454 g/mol. The molecule has 0 bridgehead atoms. The summed E-state index contributed by atoms with van der Waals surface area (Å²) >= 11 is 2.88.